The Morgan fingerprint density at radius 3 is 2.71 bits per heavy atom. The average Bonchev–Trinajstić information content (AvgIpc) is 2.64. The van der Waals surface area contributed by atoms with E-state index in [1.807, 2.05) is 0 Å². The third kappa shape index (κ3) is 7.81. The Bertz CT molecular complexity index is 351. The van der Waals surface area contributed by atoms with Crippen molar-refractivity contribution in [2.24, 2.45) is 10.7 Å². The molecule has 0 atom stereocenters. The highest BCUT2D eigenvalue weighted by molar-refractivity contribution is 5.77. The summed E-state index contributed by atoms with van der Waals surface area (Å²) in [4.78, 5) is 9.41. The van der Waals surface area contributed by atoms with E-state index < -0.39 is 0 Å². The number of aliphatic imine (C=N–C) groups is 1. The number of ether oxygens (including phenoxy) is 1. The molecule has 24 heavy (non-hydrogen) atoms. The van der Waals surface area contributed by atoms with Gasteiger partial charge in [-0.2, -0.15) is 0 Å². The number of guanidine groups is 1. The van der Waals surface area contributed by atoms with E-state index in [0.29, 0.717) is 5.96 Å². The Hall–Kier alpha value is -0.850. The van der Waals surface area contributed by atoms with Crippen LogP contribution >= 0.6 is 0 Å². The zero-order chi connectivity index (χ0) is 17.0. The third-order valence-electron chi connectivity index (χ3n) is 5.21. The molecule has 1 saturated heterocycles. The molecule has 0 spiro atoms. The van der Waals surface area contributed by atoms with Gasteiger partial charge in [0.1, 0.15) is 0 Å². The first kappa shape index (κ1) is 19.5. The number of hydrogen-bond acceptors (Lipinski definition) is 4. The first-order valence-electron chi connectivity index (χ1n) is 9.80. The molecule has 1 aliphatic heterocycles. The highest BCUT2D eigenvalue weighted by Gasteiger charge is 2.17. The van der Waals surface area contributed by atoms with Crippen LogP contribution in [0.3, 0.4) is 0 Å². The summed E-state index contributed by atoms with van der Waals surface area (Å²) in [5, 5.41) is 3.23. The van der Waals surface area contributed by atoms with Gasteiger partial charge in [0.15, 0.2) is 5.96 Å². The molecule has 0 radical (unpaired) electrons. The third-order valence-corrected chi connectivity index (χ3v) is 5.21. The lowest BCUT2D eigenvalue weighted by Gasteiger charge is -2.31. The maximum atomic E-state index is 5.94. The lowest BCUT2D eigenvalue weighted by Crippen LogP contribution is -2.39. The maximum Gasteiger partial charge on any atom is 0.188 e. The minimum absolute atomic E-state index is 0.595. The van der Waals surface area contributed by atoms with Crippen molar-refractivity contribution in [3.05, 3.63) is 0 Å². The molecule has 0 unspecified atom stereocenters. The number of hydrogen-bond donors (Lipinski definition) is 2. The molecule has 0 aromatic carbocycles. The number of morpholine rings is 1. The van der Waals surface area contributed by atoms with Crippen molar-refractivity contribution >= 4 is 5.96 Å². The van der Waals surface area contributed by atoms with Crippen molar-refractivity contribution < 1.29 is 4.74 Å². The summed E-state index contributed by atoms with van der Waals surface area (Å²) in [5.74, 6) is 0.595. The van der Waals surface area contributed by atoms with Crippen molar-refractivity contribution in [3.63, 3.8) is 0 Å². The Morgan fingerprint density at radius 2 is 1.96 bits per heavy atom. The second-order valence-corrected chi connectivity index (χ2v) is 7.13. The standard InChI is InChI=1S/C18H37N5O/c1-22(17-7-3-2-4-8-17)11-5-9-20-18(19)21-10-6-12-23-13-15-24-16-14-23/h17H,2-16H2,1H3,(H3,19,20,21). The highest BCUT2D eigenvalue weighted by atomic mass is 16.5. The summed E-state index contributed by atoms with van der Waals surface area (Å²) in [6.45, 7) is 7.79. The Balaban J connectivity index is 1.47. The van der Waals surface area contributed by atoms with Gasteiger partial charge in [0, 0.05) is 32.2 Å². The first-order valence-corrected chi connectivity index (χ1v) is 9.80. The lowest BCUT2D eigenvalue weighted by atomic mass is 9.94. The van der Waals surface area contributed by atoms with Gasteiger partial charge < -0.3 is 20.7 Å². The SMILES string of the molecule is CN(CCCN=C(N)NCCCN1CCOCC1)C1CCCCC1. The summed E-state index contributed by atoms with van der Waals surface area (Å²) >= 11 is 0. The summed E-state index contributed by atoms with van der Waals surface area (Å²) in [6, 6.07) is 0.790. The van der Waals surface area contributed by atoms with Crippen LogP contribution in [0.1, 0.15) is 44.9 Å². The van der Waals surface area contributed by atoms with Gasteiger partial charge >= 0.3 is 0 Å². The van der Waals surface area contributed by atoms with Crippen LogP contribution in [0.5, 0.6) is 0 Å². The largest absolute Gasteiger partial charge is 0.379 e. The number of nitrogens with zero attached hydrogens (tertiary/aromatic N) is 3. The molecule has 140 valence electrons. The van der Waals surface area contributed by atoms with E-state index in [1.54, 1.807) is 0 Å². The molecule has 0 aromatic rings. The number of nitrogens with two attached hydrogens (primary N) is 1. The van der Waals surface area contributed by atoms with E-state index >= 15 is 0 Å². The molecule has 0 bridgehead atoms. The van der Waals surface area contributed by atoms with Crippen LogP contribution in [-0.2, 0) is 4.74 Å². The van der Waals surface area contributed by atoms with E-state index in [-0.39, 0.29) is 0 Å². The van der Waals surface area contributed by atoms with Crippen molar-refractivity contribution in [3.8, 4) is 0 Å². The summed E-state index contributed by atoms with van der Waals surface area (Å²) < 4.78 is 5.35. The van der Waals surface area contributed by atoms with Gasteiger partial charge in [-0.05, 0) is 45.8 Å². The Morgan fingerprint density at radius 1 is 1.21 bits per heavy atom. The second-order valence-electron chi connectivity index (χ2n) is 7.13. The van der Waals surface area contributed by atoms with Crippen molar-refractivity contribution in [1.82, 2.24) is 15.1 Å². The van der Waals surface area contributed by atoms with Crippen LogP contribution in [0.4, 0.5) is 0 Å². The summed E-state index contributed by atoms with van der Waals surface area (Å²) in [5.41, 5.74) is 5.94. The fourth-order valence-electron chi connectivity index (χ4n) is 3.62. The molecule has 1 aliphatic carbocycles. The zero-order valence-electron chi connectivity index (χ0n) is 15.5. The summed E-state index contributed by atoms with van der Waals surface area (Å²) in [7, 11) is 2.26. The van der Waals surface area contributed by atoms with Crippen LogP contribution in [0.2, 0.25) is 0 Å². The van der Waals surface area contributed by atoms with Gasteiger partial charge in [-0.3, -0.25) is 9.89 Å². The zero-order valence-corrected chi connectivity index (χ0v) is 15.5. The Labute approximate surface area is 147 Å². The van der Waals surface area contributed by atoms with E-state index in [4.69, 9.17) is 10.5 Å². The van der Waals surface area contributed by atoms with E-state index in [0.717, 1.165) is 71.4 Å². The first-order chi connectivity index (χ1) is 11.8. The predicted octanol–water partition coefficient (Wildman–Crippen LogP) is 1.27. The molecule has 1 saturated carbocycles. The second kappa shape index (κ2) is 11.7. The van der Waals surface area contributed by atoms with Gasteiger partial charge in [-0.15, -0.1) is 0 Å². The van der Waals surface area contributed by atoms with Crippen LogP contribution in [0.25, 0.3) is 0 Å². The number of nitrogens with one attached hydrogen (secondary N) is 1. The molecule has 1 heterocycles. The monoisotopic (exact) mass is 339 g/mol. The topological polar surface area (TPSA) is 66.1 Å². The van der Waals surface area contributed by atoms with Crippen molar-refractivity contribution in [1.29, 1.82) is 0 Å². The van der Waals surface area contributed by atoms with Crippen molar-refractivity contribution in [2.75, 3.05) is 59.5 Å². The van der Waals surface area contributed by atoms with E-state index in [2.05, 4.69) is 27.2 Å². The highest BCUT2D eigenvalue weighted by Crippen LogP contribution is 2.21. The molecule has 6 nitrogen and oxygen atoms in total. The normalized spacial score (nSPS) is 21.3. The van der Waals surface area contributed by atoms with Gasteiger partial charge in [0.25, 0.3) is 0 Å². The molecule has 6 heteroatoms. The Kier molecular flexibility index (Phi) is 9.46. The lowest BCUT2D eigenvalue weighted by molar-refractivity contribution is 0.0376. The minimum Gasteiger partial charge on any atom is -0.379 e. The van der Waals surface area contributed by atoms with Gasteiger partial charge in [0.05, 0.1) is 13.2 Å². The van der Waals surface area contributed by atoms with Gasteiger partial charge in [-0.1, -0.05) is 19.3 Å². The molecule has 2 aliphatic rings. The predicted molar refractivity (Wildman–Crippen MR) is 100 cm³/mol. The van der Waals surface area contributed by atoms with Gasteiger partial charge in [-0.25, -0.2) is 0 Å². The van der Waals surface area contributed by atoms with Crippen molar-refractivity contribution in [2.45, 2.75) is 51.0 Å². The van der Waals surface area contributed by atoms with Crippen LogP contribution < -0.4 is 11.1 Å². The minimum atomic E-state index is 0.595. The van der Waals surface area contributed by atoms with E-state index in [1.165, 1.54) is 32.1 Å². The van der Waals surface area contributed by atoms with Crippen LogP contribution in [0.15, 0.2) is 4.99 Å². The van der Waals surface area contributed by atoms with Gasteiger partial charge in [0.2, 0.25) is 0 Å². The summed E-state index contributed by atoms with van der Waals surface area (Å²) in [6.07, 6.45) is 9.13. The molecule has 0 aromatic heterocycles. The quantitative estimate of drug-likeness (QED) is 0.376. The average molecular weight is 340 g/mol. The number of rotatable bonds is 9. The fourth-order valence-corrected chi connectivity index (χ4v) is 3.62. The molecular formula is C18H37N5O. The van der Waals surface area contributed by atoms with E-state index in [9.17, 15) is 0 Å². The molecule has 0 amide bonds. The molecule has 2 rings (SSSR count). The fraction of sp³-hybridized carbons (Fsp3) is 0.944. The van der Waals surface area contributed by atoms with Crippen LogP contribution in [-0.4, -0.2) is 81.3 Å². The maximum absolute atomic E-state index is 5.94. The molecule has 2 fully saturated rings. The smallest absolute Gasteiger partial charge is 0.188 e. The molecule has 3 N–H and O–H groups in total. The van der Waals surface area contributed by atoms with Crippen LogP contribution in [0, 0.1) is 0 Å². The molecular weight excluding hydrogens is 302 g/mol.